The van der Waals surface area contributed by atoms with Crippen molar-refractivity contribution in [3.63, 3.8) is 0 Å². The number of anilines is 1. The molecule has 1 aliphatic heterocycles. The monoisotopic (exact) mass is 253 g/mol. The fourth-order valence-electron chi connectivity index (χ4n) is 2.24. The third-order valence-electron chi connectivity index (χ3n) is 3.29. The van der Waals surface area contributed by atoms with Crippen LogP contribution in [0.3, 0.4) is 0 Å². The first-order valence-electron chi connectivity index (χ1n) is 6.50. The summed E-state index contributed by atoms with van der Waals surface area (Å²) in [5, 5.41) is 8.74. The van der Waals surface area contributed by atoms with Gasteiger partial charge in [0.15, 0.2) is 11.6 Å². The Balaban J connectivity index is 1.81. The molecule has 0 radical (unpaired) electrons. The predicted octanol–water partition coefficient (Wildman–Crippen LogP) is 1.12. The van der Waals surface area contributed by atoms with E-state index < -0.39 is 0 Å². The Hall–Kier alpha value is -1.20. The molecule has 18 heavy (non-hydrogen) atoms. The number of rotatable bonds is 5. The lowest BCUT2D eigenvalue weighted by molar-refractivity contribution is 0.231. The van der Waals surface area contributed by atoms with Gasteiger partial charge < -0.3 is 10.0 Å². The molecule has 1 saturated heterocycles. The first-order chi connectivity index (χ1) is 8.81. The number of aromatic nitrogens is 1. The molecule has 1 aromatic rings. The fraction of sp³-hybridized carbons (Fsp3) is 0.615. The lowest BCUT2D eigenvalue weighted by Gasteiger charge is -2.35. The van der Waals surface area contributed by atoms with Gasteiger partial charge in [-0.3, -0.25) is 4.90 Å². The average Bonchev–Trinajstić information content (AvgIpc) is 2.41. The van der Waals surface area contributed by atoms with Gasteiger partial charge in [-0.05, 0) is 31.5 Å². The molecule has 5 heteroatoms. The Kier molecular flexibility index (Phi) is 4.90. The van der Waals surface area contributed by atoms with E-state index in [1.807, 2.05) is 4.90 Å². The zero-order valence-electron chi connectivity index (χ0n) is 10.6. The minimum atomic E-state index is -0.244. The quantitative estimate of drug-likeness (QED) is 0.798. The van der Waals surface area contributed by atoms with Gasteiger partial charge in [0.2, 0.25) is 0 Å². The van der Waals surface area contributed by atoms with Gasteiger partial charge in [0, 0.05) is 39.0 Å². The molecule has 0 unspecified atom stereocenters. The summed E-state index contributed by atoms with van der Waals surface area (Å²) in [5.74, 6) is 0.221. The maximum absolute atomic E-state index is 13.6. The van der Waals surface area contributed by atoms with E-state index >= 15 is 0 Å². The lowest BCUT2D eigenvalue weighted by atomic mass is 10.2. The van der Waals surface area contributed by atoms with Gasteiger partial charge in [0.05, 0.1) is 0 Å². The van der Waals surface area contributed by atoms with Crippen LogP contribution in [-0.4, -0.2) is 54.3 Å². The zero-order chi connectivity index (χ0) is 12.8. The van der Waals surface area contributed by atoms with Gasteiger partial charge in [-0.25, -0.2) is 9.37 Å². The van der Waals surface area contributed by atoms with Crippen molar-refractivity contribution in [2.75, 3.05) is 44.2 Å². The summed E-state index contributed by atoms with van der Waals surface area (Å²) in [4.78, 5) is 8.45. The van der Waals surface area contributed by atoms with Gasteiger partial charge in [-0.15, -0.1) is 0 Å². The van der Waals surface area contributed by atoms with Crippen molar-refractivity contribution in [1.29, 1.82) is 0 Å². The van der Waals surface area contributed by atoms with E-state index in [9.17, 15) is 4.39 Å². The normalized spacial score (nSPS) is 17.1. The topological polar surface area (TPSA) is 39.6 Å². The van der Waals surface area contributed by atoms with Gasteiger partial charge >= 0.3 is 0 Å². The van der Waals surface area contributed by atoms with Gasteiger partial charge in [-0.2, -0.15) is 0 Å². The van der Waals surface area contributed by atoms with Crippen molar-refractivity contribution in [2.45, 2.75) is 12.8 Å². The van der Waals surface area contributed by atoms with E-state index in [1.54, 1.807) is 12.3 Å². The minimum absolute atomic E-state index is 0.244. The number of unbranched alkanes of at least 4 members (excludes halogenated alkanes) is 1. The summed E-state index contributed by atoms with van der Waals surface area (Å²) in [5.41, 5.74) is 0. The van der Waals surface area contributed by atoms with Crippen LogP contribution in [0.2, 0.25) is 0 Å². The van der Waals surface area contributed by atoms with Gasteiger partial charge in [0.25, 0.3) is 0 Å². The second kappa shape index (κ2) is 6.66. The smallest absolute Gasteiger partial charge is 0.165 e. The molecule has 1 N–H and O–H groups in total. The third-order valence-corrected chi connectivity index (χ3v) is 3.29. The summed E-state index contributed by atoms with van der Waals surface area (Å²) in [6.07, 6.45) is 3.51. The van der Waals surface area contributed by atoms with Crippen LogP contribution in [0.4, 0.5) is 10.2 Å². The molecule has 0 aliphatic carbocycles. The Morgan fingerprint density at radius 2 is 2.00 bits per heavy atom. The van der Waals surface area contributed by atoms with Crippen LogP contribution in [0.25, 0.3) is 0 Å². The number of nitrogens with zero attached hydrogens (tertiary/aromatic N) is 3. The number of piperazine rings is 1. The molecule has 0 atom stereocenters. The van der Waals surface area contributed by atoms with E-state index in [4.69, 9.17) is 5.11 Å². The molecule has 0 amide bonds. The van der Waals surface area contributed by atoms with E-state index in [1.165, 1.54) is 6.07 Å². The van der Waals surface area contributed by atoms with Crippen LogP contribution in [0.1, 0.15) is 12.8 Å². The lowest BCUT2D eigenvalue weighted by Crippen LogP contribution is -2.47. The molecule has 2 rings (SSSR count). The Morgan fingerprint density at radius 3 is 2.67 bits per heavy atom. The number of hydrogen-bond acceptors (Lipinski definition) is 4. The van der Waals surface area contributed by atoms with Crippen molar-refractivity contribution in [3.05, 3.63) is 24.1 Å². The van der Waals surface area contributed by atoms with E-state index in [0.29, 0.717) is 5.82 Å². The molecule has 0 aromatic carbocycles. The molecule has 1 fully saturated rings. The number of aliphatic hydroxyl groups excluding tert-OH is 1. The highest BCUT2D eigenvalue weighted by Gasteiger charge is 2.19. The fourth-order valence-corrected chi connectivity index (χ4v) is 2.24. The van der Waals surface area contributed by atoms with Crippen LogP contribution in [-0.2, 0) is 0 Å². The average molecular weight is 253 g/mol. The molecule has 1 aliphatic rings. The molecule has 0 bridgehead atoms. The summed E-state index contributed by atoms with van der Waals surface area (Å²) < 4.78 is 13.6. The second-order valence-corrected chi connectivity index (χ2v) is 4.57. The SMILES string of the molecule is OCCCCN1CCN(c2ncccc2F)CC1. The van der Waals surface area contributed by atoms with Crippen LogP contribution >= 0.6 is 0 Å². The third kappa shape index (κ3) is 3.40. The molecule has 4 nitrogen and oxygen atoms in total. The van der Waals surface area contributed by atoms with E-state index in [2.05, 4.69) is 9.88 Å². The highest BCUT2D eigenvalue weighted by molar-refractivity contribution is 5.40. The molecule has 2 heterocycles. The molecular formula is C13H20FN3O. The van der Waals surface area contributed by atoms with Crippen LogP contribution in [0.5, 0.6) is 0 Å². The largest absolute Gasteiger partial charge is 0.396 e. The Morgan fingerprint density at radius 1 is 1.22 bits per heavy atom. The van der Waals surface area contributed by atoms with Crippen molar-refractivity contribution < 1.29 is 9.50 Å². The Labute approximate surface area is 107 Å². The van der Waals surface area contributed by atoms with Gasteiger partial charge in [0.1, 0.15) is 0 Å². The van der Waals surface area contributed by atoms with Crippen LogP contribution < -0.4 is 4.90 Å². The van der Waals surface area contributed by atoms with E-state index in [0.717, 1.165) is 45.6 Å². The standard InChI is InChI=1S/C13H20FN3O/c14-12-4-3-5-15-13(12)17-9-7-16(8-10-17)6-1-2-11-18/h3-5,18H,1-2,6-11H2. The van der Waals surface area contributed by atoms with E-state index in [-0.39, 0.29) is 12.4 Å². The van der Waals surface area contributed by atoms with Crippen molar-refractivity contribution in [2.24, 2.45) is 0 Å². The zero-order valence-corrected chi connectivity index (χ0v) is 10.6. The minimum Gasteiger partial charge on any atom is -0.396 e. The van der Waals surface area contributed by atoms with Crippen molar-refractivity contribution in [3.8, 4) is 0 Å². The maximum atomic E-state index is 13.6. The first-order valence-corrected chi connectivity index (χ1v) is 6.50. The summed E-state index contributed by atoms with van der Waals surface area (Å²) in [6.45, 7) is 4.77. The van der Waals surface area contributed by atoms with Crippen molar-refractivity contribution in [1.82, 2.24) is 9.88 Å². The van der Waals surface area contributed by atoms with Crippen LogP contribution in [0.15, 0.2) is 18.3 Å². The number of halogens is 1. The molecule has 0 spiro atoms. The summed E-state index contributed by atoms with van der Waals surface area (Å²) in [6, 6.07) is 3.07. The Bertz CT molecular complexity index is 367. The second-order valence-electron chi connectivity index (χ2n) is 4.57. The predicted molar refractivity (Wildman–Crippen MR) is 69.2 cm³/mol. The summed E-state index contributed by atoms with van der Waals surface area (Å²) in [7, 11) is 0. The molecule has 1 aromatic heterocycles. The molecular weight excluding hydrogens is 233 g/mol. The van der Waals surface area contributed by atoms with Crippen molar-refractivity contribution >= 4 is 5.82 Å². The highest BCUT2D eigenvalue weighted by Crippen LogP contribution is 2.17. The van der Waals surface area contributed by atoms with Gasteiger partial charge in [-0.1, -0.05) is 0 Å². The van der Waals surface area contributed by atoms with Crippen LogP contribution in [0, 0.1) is 5.82 Å². The molecule has 100 valence electrons. The maximum Gasteiger partial charge on any atom is 0.165 e. The first kappa shape index (κ1) is 13.2. The highest BCUT2D eigenvalue weighted by atomic mass is 19.1. The molecule has 0 saturated carbocycles. The number of aliphatic hydroxyl groups is 1. The summed E-state index contributed by atoms with van der Waals surface area (Å²) >= 11 is 0. The number of hydrogen-bond donors (Lipinski definition) is 1. The number of pyridine rings is 1.